The summed E-state index contributed by atoms with van der Waals surface area (Å²) in [5.41, 5.74) is 5.92. The van der Waals surface area contributed by atoms with Crippen molar-refractivity contribution in [2.75, 3.05) is 18.1 Å². The van der Waals surface area contributed by atoms with Crippen LogP contribution in [0.25, 0.3) is 10.9 Å². The number of piperidine rings is 1. The van der Waals surface area contributed by atoms with Crippen LogP contribution in [0.5, 0.6) is 0 Å². The number of rotatable bonds is 2. The molecule has 1 amide bonds. The second-order valence-corrected chi connectivity index (χ2v) is 5.11. The van der Waals surface area contributed by atoms with E-state index in [9.17, 15) is 9.59 Å². The van der Waals surface area contributed by atoms with E-state index in [0.29, 0.717) is 5.39 Å². The predicted octanol–water partition coefficient (Wildman–Crippen LogP) is 1.22. The van der Waals surface area contributed by atoms with Crippen LogP contribution in [0.2, 0.25) is 0 Å². The van der Waals surface area contributed by atoms with Gasteiger partial charge in [0.05, 0.1) is 5.52 Å². The zero-order valence-electron chi connectivity index (χ0n) is 11.2. The summed E-state index contributed by atoms with van der Waals surface area (Å²) in [7, 11) is 0. The van der Waals surface area contributed by atoms with Gasteiger partial charge in [0, 0.05) is 24.7 Å². The van der Waals surface area contributed by atoms with Gasteiger partial charge < -0.3 is 10.7 Å². The van der Waals surface area contributed by atoms with E-state index in [1.165, 1.54) is 6.42 Å². The molecular formula is C15H17N3O2. The third-order valence-electron chi connectivity index (χ3n) is 3.79. The lowest BCUT2D eigenvalue weighted by Gasteiger charge is -2.32. The van der Waals surface area contributed by atoms with Crippen molar-refractivity contribution in [3.05, 3.63) is 46.2 Å². The molecule has 0 radical (unpaired) electrons. The first-order chi connectivity index (χ1) is 9.68. The maximum absolute atomic E-state index is 12.3. The Hall–Kier alpha value is -2.30. The smallest absolute Gasteiger partial charge is 0.254 e. The molecule has 5 nitrogen and oxygen atoms in total. The number of carbonyl (C=O) groups is 1. The molecule has 1 aromatic carbocycles. The van der Waals surface area contributed by atoms with Crippen LogP contribution >= 0.6 is 0 Å². The van der Waals surface area contributed by atoms with E-state index >= 15 is 0 Å². The number of primary amides is 1. The summed E-state index contributed by atoms with van der Waals surface area (Å²) in [5.74, 6) is -0.675. The number of nitrogens with zero attached hydrogens (tertiary/aromatic N) is 2. The zero-order valence-corrected chi connectivity index (χ0v) is 11.2. The summed E-state index contributed by atoms with van der Waals surface area (Å²) < 4.78 is 1.91. The Bertz CT molecular complexity index is 715. The summed E-state index contributed by atoms with van der Waals surface area (Å²) in [6.45, 7) is 1.84. The van der Waals surface area contributed by atoms with Gasteiger partial charge in [-0.05, 0) is 31.4 Å². The topological polar surface area (TPSA) is 68.3 Å². The van der Waals surface area contributed by atoms with Crippen LogP contribution in [0.15, 0.2) is 35.3 Å². The Balaban J connectivity index is 2.26. The third kappa shape index (κ3) is 2.05. The number of aromatic nitrogens is 1. The Morgan fingerprint density at radius 3 is 2.50 bits per heavy atom. The van der Waals surface area contributed by atoms with Crippen LogP contribution in [0.3, 0.4) is 0 Å². The molecule has 0 aliphatic carbocycles. The minimum atomic E-state index is -0.675. The van der Waals surface area contributed by atoms with E-state index in [4.69, 9.17) is 5.73 Å². The molecule has 2 heterocycles. The van der Waals surface area contributed by atoms with Gasteiger partial charge in [0.15, 0.2) is 0 Å². The minimum Gasteiger partial charge on any atom is -0.365 e. The first-order valence-electron chi connectivity index (χ1n) is 6.88. The van der Waals surface area contributed by atoms with Gasteiger partial charge in [-0.1, -0.05) is 12.1 Å². The maximum Gasteiger partial charge on any atom is 0.254 e. The van der Waals surface area contributed by atoms with Crippen molar-refractivity contribution in [1.29, 1.82) is 0 Å². The van der Waals surface area contributed by atoms with Gasteiger partial charge in [-0.2, -0.15) is 0 Å². The lowest BCUT2D eigenvalue weighted by molar-refractivity contribution is 0.0998. The van der Waals surface area contributed by atoms with E-state index in [1.54, 1.807) is 18.3 Å². The molecule has 2 N–H and O–H groups in total. The van der Waals surface area contributed by atoms with Gasteiger partial charge in [0.2, 0.25) is 5.43 Å². The van der Waals surface area contributed by atoms with Crippen molar-refractivity contribution in [2.45, 2.75) is 19.3 Å². The largest absolute Gasteiger partial charge is 0.365 e. The van der Waals surface area contributed by atoms with E-state index in [-0.39, 0.29) is 11.0 Å². The van der Waals surface area contributed by atoms with Crippen molar-refractivity contribution in [3.8, 4) is 0 Å². The van der Waals surface area contributed by atoms with E-state index in [0.717, 1.165) is 31.4 Å². The average molecular weight is 271 g/mol. The molecule has 1 saturated heterocycles. The van der Waals surface area contributed by atoms with E-state index < -0.39 is 5.91 Å². The molecule has 20 heavy (non-hydrogen) atoms. The number of hydrogen-bond acceptors (Lipinski definition) is 3. The number of benzene rings is 1. The normalized spacial score (nSPS) is 15.5. The van der Waals surface area contributed by atoms with Crippen LogP contribution in [-0.4, -0.2) is 23.7 Å². The highest BCUT2D eigenvalue weighted by molar-refractivity contribution is 5.96. The van der Waals surface area contributed by atoms with Gasteiger partial charge >= 0.3 is 0 Å². The number of nitrogens with two attached hydrogens (primary N) is 1. The average Bonchev–Trinajstić information content (AvgIpc) is 2.48. The number of amides is 1. The molecule has 0 saturated carbocycles. The summed E-state index contributed by atoms with van der Waals surface area (Å²) in [4.78, 5) is 23.8. The number of carbonyl (C=O) groups excluding carboxylic acids is 1. The van der Waals surface area contributed by atoms with Gasteiger partial charge in [-0.25, -0.2) is 0 Å². The molecule has 1 aliphatic heterocycles. The highest BCUT2D eigenvalue weighted by Gasteiger charge is 2.17. The van der Waals surface area contributed by atoms with Gasteiger partial charge in [-0.3, -0.25) is 14.3 Å². The van der Waals surface area contributed by atoms with Gasteiger partial charge in [0.1, 0.15) is 5.56 Å². The van der Waals surface area contributed by atoms with Crippen LogP contribution in [-0.2, 0) is 0 Å². The fourth-order valence-electron chi connectivity index (χ4n) is 2.76. The van der Waals surface area contributed by atoms with Crippen molar-refractivity contribution in [3.63, 3.8) is 0 Å². The van der Waals surface area contributed by atoms with E-state index in [2.05, 4.69) is 5.01 Å². The first kappa shape index (κ1) is 12.7. The summed E-state index contributed by atoms with van der Waals surface area (Å²) in [5, 5.41) is 2.70. The molecule has 5 heteroatoms. The monoisotopic (exact) mass is 271 g/mol. The summed E-state index contributed by atoms with van der Waals surface area (Å²) >= 11 is 0. The Morgan fingerprint density at radius 1 is 1.10 bits per heavy atom. The molecule has 0 spiro atoms. The molecule has 0 unspecified atom stereocenters. The van der Waals surface area contributed by atoms with Gasteiger partial charge in [0.25, 0.3) is 5.91 Å². The van der Waals surface area contributed by atoms with Crippen LogP contribution < -0.4 is 16.2 Å². The number of hydrogen-bond donors (Lipinski definition) is 1. The van der Waals surface area contributed by atoms with Crippen molar-refractivity contribution < 1.29 is 4.79 Å². The van der Waals surface area contributed by atoms with Crippen molar-refractivity contribution >= 4 is 16.8 Å². The predicted molar refractivity (Wildman–Crippen MR) is 78.5 cm³/mol. The molecular weight excluding hydrogens is 254 g/mol. The Kier molecular flexibility index (Phi) is 3.18. The van der Waals surface area contributed by atoms with Crippen molar-refractivity contribution in [1.82, 2.24) is 4.68 Å². The molecule has 1 aliphatic rings. The van der Waals surface area contributed by atoms with Crippen LogP contribution in [0.1, 0.15) is 29.6 Å². The first-order valence-corrected chi connectivity index (χ1v) is 6.88. The lowest BCUT2D eigenvalue weighted by Crippen LogP contribution is -2.40. The molecule has 104 valence electrons. The number of pyridine rings is 1. The fraction of sp³-hybridized carbons (Fsp3) is 0.333. The Labute approximate surface area is 116 Å². The zero-order chi connectivity index (χ0) is 14.1. The molecule has 2 aromatic rings. The van der Waals surface area contributed by atoms with Crippen LogP contribution in [0.4, 0.5) is 0 Å². The SMILES string of the molecule is NC(=O)c1cn(N2CCCCC2)c2ccccc2c1=O. The van der Waals surface area contributed by atoms with E-state index in [1.807, 2.05) is 16.8 Å². The lowest BCUT2D eigenvalue weighted by atomic mass is 10.1. The second-order valence-electron chi connectivity index (χ2n) is 5.11. The molecule has 0 bridgehead atoms. The maximum atomic E-state index is 12.3. The quantitative estimate of drug-likeness (QED) is 0.893. The highest BCUT2D eigenvalue weighted by Crippen LogP contribution is 2.15. The standard InChI is InChI=1S/C15H17N3O2/c16-15(20)12-10-18(17-8-4-1-5-9-17)13-7-3-2-6-11(13)14(12)19/h2-3,6-7,10H,1,4-5,8-9H2,(H2,16,20). The van der Waals surface area contributed by atoms with Crippen LogP contribution in [0, 0.1) is 0 Å². The third-order valence-corrected chi connectivity index (χ3v) is 3.79. The summed E-state index contributed by atoms with van der Waals surface area (Å²) in [6, 6.07) is 7.34. The summed E-state index contributed by atoms with van der Waals surface area (Å²) in [6.07, 6.45) is 5.04. The fourth-order valence-corrected chi connectivity index (χ4v) is 2.76. The Morgan fingerprint density at radius 2 is 1.80 bits per heavy atom. The molecule has 0 atom stereocenters. The van der Waals surface area contributed by atoms with Gasteiger partial charge in [-0.15, -0.1) is 0 Å². The minimum absolute atomic E-state index is 0.0503. The second kappa shape index (κ2) is 5.00. The number of para-hydroxylation sites is 1. The molecule has 1 aromatic heterocycles. The van der Waals surface area contributed by atoms with Crippen molar-refractivity contribution in [2.24, 2.45) is 5.73 Å². The number of fused-ring (bicyclic) bond motifs is 1. The highest BCUT2D eigenvalue weighted by atomic mass is 16.2. The molecule has 1 fully saturated rings. The molecule has 3 rings (SSSR count).